The summed E-state index contributed by atoms with van der Waals surface area (Å²) >= 11 is 0. The second-order valence-electron chi connectivity index (χ2n) is 6.28. The third kappa shape index (κ3) is 3.74. The molecule has 4 aromatic rings. The monoisotopic (exact) mass is 387 g/mol. The molecule has 0 spiro atoms. The lowest BCUT2D eigenvalue weighted by Gasteiger charge is -2.12. The van der Waals surface area contributed by atoms with Gasteiger partial charge in [0.05, 0.1) is 5.36 Å². The molecule has 7 nitrogen and oxygen atoms in total. The van der Waals surface area contributed by atoms with Gasteiger partial charge in [-0.3, -0.25) is 4.79 Å². The number of nitrogens with one attached hydrogen (secondary N) is 1. The van der Waals surface area contributed by atoms with Crippen molar-refractivity contribution < 1.29 is 24.5 Å². The minimum absolute atomic E-state index is 0.0917. The van der Waals surface area contributed by atoms with Gasteiger partial charge >= 0.3 is 0 Å². The summed E-state index contributed by atoms with van der Waals surface area (Å²) in [4.78, 5) is 12.3. The molecular weight excluding hydrogens is 372 g/mol. The Morgan fingerprint density at radius 2 is 1.66 bits per heavy atom. The summed E-state index contributed by atoms with van der Waals surface area (Å²) in [5.74, 6) is -0.733. The number of phenolic OH excluding ortho intramolecular Hbond substituents is 2. The fourth-order valence-electron chi connectivity index (χ4n) is 2.87. The lowest BCUT2D eigenvalue weighted by atomic mass is 10.1. The van der Waals surface area contributed by atoms with Crippen molar-refractivity contribution in [2.75, 3.05) is 0 Å². The van der Waals surface area contributed by atoms with Gasteiger partial charge in [-0.25, -0.2) is 5.43 Å². The zero-order valence-electron chi connectivity index (χ0n) is 15.0. The Balaban J connectivity index is 1.86. The number of rotatable bonds is 3. The zero-order chi connectivity index (χ0) is 20.4. The molecule has 0 atom stereocenters. The van der Waals surface area contributed by atoms with Gasteiger partial charge in [0.25, 0.3) is 5.91 Å². The molecule has 1 heterocycles. The molecular formula is C22H15N2O5-. The van der Waals surface area contributed by atoms with Crippen LogP contribution in [0.15, 0.2) is 82.3 Å². The minimum Gasteiger partial charge on any atom is -0.872 e. The number of fused-ring (bicyclic) bond motifs is 1. The Bertz CT molecular complexity index is 1260. The van der Waals surface area contributed by atoms with Gasteiger partial charge < -0.3 is 19.7 Å². The predicted octanol–water partition coefficient (Wildman–Crippen LogP) is 2.83. The molecule has 1 amide bonds. The zero-order valence-corrected chi connectivity index (χ0v) is 15.0. The van der Waals surface area contributed by atoms with Gasteiger partial charge in [-0.15, -0.1) is 0 Å². The summed E-state index contributed by atoms with van der Waals surface area (Å²) in [6.07, 6.45) is 0. The minimum atomic E-state index is -0.492. The van der Waals surface area contributed by atoms with Crippen molar-refractivity contribution in [1.29, 1.82) is 0 Å². The number of hydrogen-bond acceptors (Lipinski definition) is 6. The maximum atomic E-state index is 12.4. The van der Waals surface area contributed by atoms with E-state index in [1.165, 1.54) is 24.3 Å². The summed E-state index contributed by atoms with van der Waals surface area (Å²) in [5, 5.41) is 36.1. The molecule has 0 fully saturated rings. The highest BCUT2D eigenvalue weighted by Crippen LogP contribution is 2.29. The van der Waals surface area contributed by atoms with Gasteiger partial charge in [-0.1, -0.05) is 23.9 Å². The molecule has 0 unspecified atom stereocenters. The molecule has 0 aliphatic rings. The van der Waals surface area contributed by atoms with Crippen LogP contribution in [0.2, 0.25) is 0 Å². The Hall–Kier alpha value is -4.26. The molecule has 1 aromatic heterocycles. The van der Waals surface area contributed by atoms with Crippen molar-refractivity contribution in [3.8, 4) is 28.6 Å². The number of benzene rings is 3. The molecule has 144 valence electrons. The summed E-state index contributed by atoms with van der Waals surface area (Å²) in [6.45, 7) is 0. The van der Waals surface area contributed by atoms with Crippen LogP contribution in [0.25, 0.3) is 22.3 Å². The molecule has 3 aromatic carbocycles. The quantitative estimate of drug-likeness (QED) is 0.467. The largest absolute Gasteiger partial charge is 0.872 e. The van der Waals surface area contributed by atoms with E-state index >= 15 is 0 Å². The van der Waals surface area contributed by atoms with E-state index in [0.717, 1.165) is 6.07 Å². The third-order valence-electron chi connectivity index (χ3n) is 4.26. The Morgan fingerprint density at radius 1 is 0.931 bits per heavy atom. The van der Waals surface area contributed by atoms with Gasteiger partial charge in [0.15, 0.2) is 0 Å². The smallest absolute Gasteiger partial charge is 0.271 e. The molecule has 0 bridgehead atoms. The average Bonchev–Trinajstić information content (AvgIpc) is 2.72. The number of carbonyl (C=O) groups excluding carboxylic acids is 1. The average molecular weight is 387 g/mol. The maximum Gasteiger partial charge on any atom is 0.271 e. The predicted molar refractivity (Wildman–Crippen MR) is 104 cm³/mol. The van der Waals surface area contributed by atoms with Crippen molar-refractivity contribution in [3.63, 3.8) is 0 Å². The highest BCUT2D eigenvalue weighted by Gasteiger charge is 2.09. The number of phenols is 2. The van der Waals surface area contributed by atoms with Crippen molar-refractivity contribution in [2.24, 2.45) is 5.10 Å². The van der Waals surface area contributed by atoms with E-state index in [9.17, 15) is 20.1 Å². The first-order valence-electron chi connectivity index (χ1n) is 8.68. The summed E-state index contributed by atoms with van der Waals surface area (Å²) in [6, 6.07) is 18.6. The van der Waals surface area contributed by atoms with Crippen molar-refractivity contribution >= 4 is 16.9 Å². The van der Waals surface area contributed by atoms with E-state index in [-0.39, 0.29) is 27.8 Å². The first-order valence-corrected chi connectivity index (χ1v) is 8.68. The lowest BCUT2D eigenvalue weighted by molar-refractivity contribution is -0.266. The van der Waals surface area contributed by atoms with E-state index < -0.39 is 11.7 Å². The number of amides is 1. The molecule has 0 aliphatic heterocycles. The van der Waals surface area contributed by atoms with Gasteiger partial charge in [-0.05, 0) is 42.5 Å². The van der Waals surface area contributed by atoms with Crippen molar-refractivity contribution in [1.82, 2.24) is 5.43 Å². The second kappa shape index (κ2) is 7.40. The number of carbonyl (C=O) groups is 1. The Morgan fingerprint density at radius 3 is 2.38 bits per heavy atom. The standard InChI is InChI=1S/C22H16N2O5/c25-15-8-6-13(7-9-15)19-12-17(21-18(27)10-16(26)11-20(21)29-19)23-24-22(28)14-4-2-1-3-5-14/h1-12,25-27H,(H,24,28)/p-1/b23-17-. The molecule has 0 saturated heterocycles. The van der Waals surface area contributed by atoms with Crippen molar-refractivity contribution in [2.45, 2.75) is 0 Å². The summed E-state index contributed by atoms with van der Waals surface area (Å²) < 4.78 is 5.77. The number of nitrogens with zero attached hydrogens (tertiary/aromatic N) is 1. The van der Waals surface area contributed by atoms with Gasteiger partial charge in [0, 0.05) is 28.6 Å². The molecule has 7 heteroatoms. The van der Waals surface area contributed by atoms with Crippen LogP contribution in [0.4, 0.5) is 0 Å². The Labute approximate surface area is 164 Å². The van der Waals surface area contributed by atoms with Crippen LogP contribution in [-0.4, -0.2) is 16.1 Å². The van der Waals surface area contributed by atoms with Gasteiger partial charge in [0.2, 0.25) is 0 Å². The van der Waals surface area contributed by atoms with Gasteiger partial charge in [0.1, 0.15) is 22.8 Å². The maximum absolute atomic E-state index is 12.4. The van der Waals surface area contributed by atoms with E-state index in [2.05, 4.69) is 10.5 Å². The number of aromatic hydroxyl groups is 2. The van der Waals surface area contributed by atoms with Crippen molar-refractivity contribution in [3.05, 3.63) is 83.7 Å². The molecule has 0 saturated carbocycles. The highest BCUT2D eigenvalue weighted by atomic mass is 16.3. The molecule has 4 rings (SSSR count). The van der Waals surface area contributed by atoms with Crippen LogP contribution in [0.3, 0.4) is 0 Å². The fraction of sp³-hybridized carbons (Fsp3) is 0. The van der Waals surface area contributed by atoms with E-state index in [1.54, 1.807) is 42.5 Å². The molecule has 3 N–H and O–H groups in total. The lowest BCUT2D eigenvalue weighted by Crippen LogP contribution is -2.21. The summed E-state index contributed by atoms with van der Waals surface area (Å²) in [5.41, 5.74) is 3.59. The first-order chi connectivity index (χ1) is 14.0. The van der Waals surface area contributed by atoms with Crippen LogP contribution in [0, 0.1) is 0 Å². The molecule has 0 aliphatic carbocycles. The molecule has 0 radical (unpaired) electrons. The van der Waals surface area contributed by atoms with Crippen LogP contribution in [0.1, 0.15) is 10.4 Å². The van der Waals surface area contributed by atoms with E-state index in [4.69, 9.17) is 4.42 Å². The van der Waals surface area contributed by atoms with Gasteiger partial charge in [-0.2, -0.15) is 5.10 Å². The molecule has 29 heavy (non-hydrogen) atoms. The normalized spacial score (nSPS) is 11.5. The fourth-order valence-corrected chi connectivity index (χ4v) is 2.87. The van der Waals surface area contributed by atoms with Crippen LogP contribution in [-0.2, 0) is 0 Å². The van der Waals surface area contributed by atoms with E-state index in [0.29, 0.717) is 16.9 Å². The Kier molecular flexibility index (Phi) is 4.62. The highest BCUT2D eigenvalue weighted by molar-refractivity contribution is 5.94. The topological polar surface area (TPSA) is 118 Å². The first kappa shape index (κ1) is 18.1. The van der Waals surface area contributed by atoms with Crippen LogP contribution in [0.5, 0.6) is 17.2 Å². The SMILES string of the molecule is O=C(N/N=c1/cc(-c2ccc(O)cc2)oc2cc(O)cc([O-])c12)c1ccccc1. The van der Waals surface area contributed by atoms with Crippen LogP contribution >= 0.6 is 0 Å². The van der Waals surface area contributed by atoms with E-state index in [1.807, 2.05) is 0 Å². The summed E-state index contributed by atoms with van der Waals surface area (Å²) in [7, 11) is 0. The third-order valence-corrected chi connectivity index (χ3v) is 4.26. The number of hydrogen-bond donors (Lipinski definition) is 3. The van der Waals surface area contributed by atoms with Crippen LogP contribution < -0.4 is 15.9 Å². The second-order valence-corrected chi connectivity index (χ2v) is 6.28.